The number of nitrogens with zero attached hydrogens (tertiary/aromatic N) is 1. The Morgan fingerprint density at radius 2 is 2.40 bits per heavy atom. The fourth-order valence-electron chi connectivity index (χ4n) is 0.208. The largest absolute Gasteiger partial charge is 0.335 e. The van der Waals surface area contributed by atoms with Crippen molar-refractivity contribution in [2.45, 2.75) is 6.92 Å². The van der Waals surface area contributed by atoms with E-state index in [9.17, 15) is 0 Å². The molecule has 0 aliphatic heterocycles. The fraction of sp³-hybridized carbons (Fsp3) is 0.600. The third-order valence-electron chi connectivity index (χ3n) is 0.817. The van der Waals surface area contributed by atoms with Crippen molar-refractivity contribution in [1.29, 1.82) is 0 Å². The summed E-state index contributed by atoms with van der Waals surface area (Å²) in [6.45, 7) is 2.82. The molecule has 10 heavy (non-hydrogen) atoms. The second-order valence-electron chi connectivity index (χ2n) is 1.45. The zero-order valence-corrected chi connectivity index (χ0v) is 6.64. The molecule has 5 heteroatoms. The maximum absolute atomic E-state index is 7.66. The molecule has 0 saturated carbocycles. The molecule has 0 saturated heterocycles. The van der Waals surface area contributed by atoms with Gasteiger partial charge in [-0.25, -0.2) is 5.26 Å². The molecule has 4 nitrogen and oxygen atoms in total. The highest BCUT2D eigenvalue weighted by atomic mass is 32.2. The van der Waals surface area contributed by atoms with Crippen molar-refractivity contribution < 1.29 is 14.6 Å². The maximum Gasteiger partial charge on any atom is 0.126 e. The lowest BCUT2D eigenvalue weighted by molar-refractivity contribution is -0.431. The summed E-state index contributed by atoms with van der Waals surface area (Å²) in [5.41, 5.74) is 0. The van der Waals surface area contributed by atoms with E-state index in [0.717, 1.165) is 18.6 Å². The summed E-state index contributed by atoms with van der Waals surface area (Å²) in [4.78, 5) is 1.77. The summed E-state index contributed by atoms with van der Waals surface area (Å²) in [6, 6.07) is 2.70. The van der Waals surface area contributed by atoms with E-state index in [2.05, 4.69) is 20.7 Å². The standard InChI is InChI=1S/C5H9NO3S/c1-3-6(2)4-5-10-9-8-7/h7H,3H2,1-2H3. The number of hydrogen-bond donors (Lipinski definition) is 1. The van der Waals surface area contributed by atoms with Crippen LogP contribution in [0.3, 0.4) is 0 Å². The van der Waals surface area contributed by atoms with E-state index in [-0.39, 0.29) is 0 Å². The zero-order chi connectivity index (χ0) is 7.82. The van der Waals surface area contributed by atoms with Crippen molar-refractivity contribution in [1.82, 2.24) is 4.90 Å². The SMILES string of the molecule is CCN(C)C#CSOOO. The average Bonchev–Trinajstić information content (AvgIpc) is 1.98. The van der Waals surface area contributed by atoms with Crippen molar-refractivity contribution in [2.24, 2.45) is 0 Å². The summed E-state index contributed by atoms with van der Waals surface area (Å²) >= 11 is 0.722. The van der Waals surface area contributed by atoms with Crippen molar-refractivity contribution in [3.05, 3.63) is 0 Å². The third kappa shape index (κ3) is 5.72. The summed E-state index contributed by atoms with van der Waals surface area (Å²) in [7, 11) is 1.84. The minimum absolute atomic E-state index is 0.722. The quantitative estimate of drug-likeness (QED) is 0.167. The van der Waals surface area contributed by atoms with Crippen LogP contribution in [-0.2, 0) is 9.37 Å². The van der Waals surface area contributed by atoms with Gasteiger partial charge in [0.05, 0.1) is 0 Å². The third-order valence-corrected chi connectivity index (χ3v) is 1.12. The van der Waals surface area contributed by atoms with Gasteiger partial charge >= 0.3 is 0 Å². The Kier molecular flexibility index (Phi) is 6.43. The zero-order valence-electron chi connectivity index (χ0n) is 5.83. The van der Waals surface area contributed by atoms with E-state index in [1.54, 1.807) is 4.90 Å². The van der Waals surface area contributed by atoms with E-state index in [4.69, 9.17) is 5.26 Å². The van der Waals surface area contributed by atoms with Crippen LogP contribution in [0.1, 0.15) is 6.92 Å². The molecule has 0 aromatic carbocycles. The molecule has 0 fully saturated rings. The molecular weight excluding hydrogens is 154 g/mol. The Morgan fingerprint density at radius 3 is 2.90 bits per heavy atom. The molecule has 0 aromatic rings. The molecule has 1 N–H and O–H groups in total. The Balaban J connectivity index is 3.29. The first kappa shape index (κ1) is 9.59. The minimum Gasteiger partial charge on any atom is -0.335 e. The lowest BCUT2D eigenvalue weighted by Crippen LogP contribution is -2.08. The first-order valence-electron chi connectivity index (χ1n) is 2.66. The molecule has 58 valence electrons. The Labute approximate surface area is 64.2 Å². The van der Waals surface area contributed by atoms with Gasteiger partial charge in [-0.15, -0.1) is 4.33 Å². The summed E-state index contributed by atoms with van der Waals surface area (Å²) in [5, 5.41) is 13.5. The van der Waals surface area contributed by atoms with Crippen LogP contribution in [0.5, 0.6) is 0 Å². The van der Waals surface area contributed by atoms with Crippen molar-refractivity contribution in [3.8, 4) is 11.3 Å². The van der Waals surface area contributed by atoms with Crippen LogP contribution in [0.15, 0.2) is 0 Å². The highest BCUT2D eigenvalue weighted by molar-refractivity contribution is 7.99. The molecule has 0 spiro atoms. The molecule has 0 aliphatic rings. The highest BCUT2D eigenvalue weighted by Crippen LogP contribution is 1.97. The Bertz CT molecular complexity index is 131. The summed E-state index contributed by atoms with van der Waals surface area (Å²) < 4.78 is 4.00. The van der Waals surface area contributed by atoms with Gasteiger partial charge in [-0.2, -0.15) is 0 Å². The van der Waals surface area contributed by atoms with E-state index >= 15 is 0 Å². The van der Waals surface area contributed by atoms with E-state index in [1.807, 2.05) is 14.0 Å². The van der Waals surface area contributed by atoms with Gasteiger partial charge in [0.1, 0.15) is 12.0 Å². The van der Waals surface area contributed by atoms with Crippen molar-refractivity contribution >= 4 is 12.0 Å². The molecule has 0 rings (SSSR count). The van der Waals surface area contributed by atoms with Crippen LogP contribution in [0.4, 0.5) is 0 Å². The van der Waals surface area contributed by atoms with Gasteiger partial charge in [0.15, 0.2) is 0 Å². The molecule has 0 atom stereocenters. The normalized spacial score (nSPS) is 8.30. The lowest BCUT2D eigenvalue weighted by Gasteiger charge is -2.03. The van der Waals surface area contributed by atoms with Gasteiger partial charge in [-0.05, 0) is 6.92 Å². The fourth-order valence-corrected chi connectivity index (χ4v) is 0.465. The van der Waals surface area contributed by atoms with Crippen LogP contribution in [0, 0.1) is 11.3 Å². The van der Waals surface area contributed by atoms with Gasteiger partial charge in [0, 0.05) is 24.9 Å². The first-order valence-corrected chi connectivity index (χ1v) is 3.41. The maximum atomic E-state index is 7.66. The summed E-state index contributed by atoms with van der Waals surface area (Å²) in [5.74, 6) is 0. The molecule has 0 aromatic heterocycles. The molecule has 0 bridgehead atoms. The number of rotatable bonds is 3. The Morgan fingerprint density at radius 1 is 1.70 bits per heavy atom. The van der Waals surface area contributed by atoms with Gasteiger partial charge in [0.2, 0.25) is 0 Å². The van der Waals surface area contributed by atoms with Crippen LogP contribution >= 0.6 is 12.0 Å². The van der Waals surface area contributed by atoms with E-state index in [0.29, 0.717) is 0 Å². The van der Waals surface area contributed by atoms with Gasteiger partial charge < -0.3 is 4.90 Å². The average molecular weight is 163 g/mol. The molecule has 0 aliphatic carbocycles. The monoisotopic (exact) mass is 163 g/mol. The molecule has 0 amide bonds. The first-order chi connectivity index (χ1) is 4.81. The predicted molar refractivity (Wildman–Crippen MR) is 38.5 cm³/mol. The van der Waals surface area contributed by atoms with Gasteiger partial charge in [-0.1, -0.05) is 5.04 Å². The van der Waals surface area contributed by atoms with Crippen LogP contribution in [-0.4, -0.2) is 23.7 Å². The minimum atomic E-state index is 0.722. The highest BCUT2D eigenvalue weighted by Gasteiger charge is 1.82. The van der Waals surface area contributed by atoms with Crippen molar-refractivity contribution in [3.63, 3.8) is 0 Å². The van der Waals surface area contributed by atoms with Crippen LogP contribution in [0.2, 0.25) is 0 Å². The Hall–Kier alpha value is -0.410. The smallest absolute Gasteiger partial charge is 0.126 e. The van der Waals surface area contributed by atoms with Crippen LogP contribution in [0.25, 0.3) is 0 Å². The number of hydrogen-bond acceptors (Lipinski definition) is 5. The second kappa shape index (κ2) is 6.71. The molecule has 0 heterocycles. The topological polar surface area (TPSA) is 41.9 Å². The van der Waals surface area contributed by atoms with Crippen molar-refractivity contribution in [2.75, 3.05) is 13.6 Å². The summed E-state index contributed by atoms with van der Waals surface area (Å²) in [6.07, 6.45) is 0. The second-order valence-corrected chi connectivity index (χ2v) is 1.96. The van der Waals surface area contributed by atoms with E-state index in [1.165, 1.54) is 0 Å². The lowest BCUT2D eigenvalue weighted by atomic mass is 10.7. The van der Waals surface area contributed by atoms with Gasteiger partial charge in [0.25, 0.3) is 0 Å². The van der Waals surface area contributed by atoms with Gasteiger partial charge in [-0.3, -0.25) is 0 Å². The molecular formula is C5H9NO3S. The van der Waals surface area contributed by atoms with Crippen LogP contribution < -0.4 is 0 Å². The molecule has 0 radical (unpaired) electrons. The molecule has 0 unspecified atom stereocenters. The van der Waals surface area contributed by atoms with E-state index < -0.39 is 0 Å². The predicted octanol–water partition coefficient (Wildman–Crippen LogP) is 0.926.